The van der Waals surface area contributed by atoms with Crippen LogP contribution in [-0.4, -0.2) is 62.2 Å². The second-order valence-electron chi connectivity index (χ2n) is 7.18. The third-order valence-corrected chi connectivity index (χ3v) is 5.51. The van der Waals surface area contributed by atoms with Crippen molar-refractivity contribution in [2.24, 2.45) is 0 Å². The third-order valence-electron chi connectivity index (χ3n) is 5.31. The van der Waals surface area contributed by atoms with Gasteiger partial charge in [-0.25, -0.2) is 0 Å². The first kappa shape index (κ1) is 23.3. The minimum absolute atomic E-state index is 0.162. The largest absolute Gasteiger partial charge is 0.496 e. The molecule has 0 aromatic heterocycles. The Morgan fingerprint density at radius 1 is 0.969 bits per heavy atom. The van der Waals surface area contributed by atoms with Gasteiger partial charge in [0.25, 0.3) is 5.91 Å². The lowest BCUT2D eigenvalue weighted by molar-refractivity contribution is -0.131. The average Bonchev–Trinajstić information content (AvgIpc) is 2.83. The lowest BCUT2D eigenvalue weighted by atomic mass is 10.1. The van der Waals surface area contributed by atoms with Crippen LogP contribution >= 0.6 is 12.2 Å². The maximum Gasteiger partial charge on any atom is 0.264 e. The number of para-hydroxylation sites is 2. The van der Waals surface area contributed by atoms with Crippen molar-refractivity contribution in [3.05, 3.63) is 48.0 Å². The number of hydrogen-bond donors (Lipinski definition) is 2. The van der Waals surface area contributed by atoms with Crippen LogP contribution in [0, 0.1) is 0 Å². The molecule has 0 unspecified atom stereocenters. The van der Waals surface area contributed by atoms with Crippen LogP contribution < -0.4 is 25.0 Å². The predicted molar refractivity (Wildman–Crippen MR) is 129 cm³/mol. The maximum atomic E-state index is 12.9. The van der Waals surface area contributed by atoms with E-state index in [1.165, 1.54) is 14.2 Å². The highest BCUT2D eigenvalue weighted by molar-refractivity contribution is 7.80. The molecule has 8 nitrogen and oxygen atoms in total. The molecule has 170 valence electrons. The van der Waals surface area contributed by atoms with Gasteiger partial charge in [0.2, 0.25) is 5.91 Å². The van der Waals surface area contributed by atoms with Gasteiger partial charge in [0.05, 0.1) is 25.6 Å². The molecule has 2 amide bonds. The smallest absolute Gasteiger partial charge is 0.264 e. The summed E-state index contributed by atoms with van der Waals surface area (Å²) in [5, 5.41) is 5.99. The first-order valence-electron chi connectivity index (χ1n) is 10.4. The summed E-state index contributed by atoms with van der Waals surface area (Å²) in [5.41, 5.74) is 2.01. The van der Waals surface area contributed by atoms with Gasteiger partial charge in [-0.3, -0.25) is 14.9 Å². The molecule has 2 N–H and O–H groups in total. The molecular formula is C23H28N4O4S. The van der Waals surface area contributed by atoms with Crippen molar-refractivity contribution in [1.29, 1.82) is 0 Å². The summed E-state index contributed by atoms with van der Waals surface area (Å²) in [4.78, 5) is 28.9. The van der Waals surface area contributed by atoms with Crippen LogP contribution in [0.3, 0.4) is 0 Å². The van der Waals surface area contributed by atoms with E-state index in [4.69, 9.17) is 21.7 Å². The van der Waals surface area contributed by atoms with Gasteiger partial charge in [-0.1, -0.05) is 25.1 Å². The Balaban J connectivity index is 1.70. The zero-order valence-electron chi connectivity index (χ0n) is 18.5. The fraction of sp³-hybridized carbons (Fsp3) is 0.348. The number of amides is 2. The summed E-state index contributed by atoms with van der Waals surface area (Å²) in [6.07, 6.45) is 0.517. The molecule has 3 rings (SSSR count). The van der Waals surface area contributed by atoms with Crippen molar-refractivity contribution in [3.8, 4) is 11.5 Å². The molecular weight excluding hydrogens is 428 g/mol. The number of methoxy groups -OCH3 is 2. The number of rotatable bonds is 6. The van der Waals surface area contributed by atoms with Gasteiger partial charge in [0.15, 0.2) is 5.11 Å². The minimum Gasteiger partial charge on any atom is -0.496 e. The number of carbonyl (C=O) groups is 2. The van der Waals surface area contributed by atoms with E-state index >= 15 is 0 Å². The van der Waals surface area contributed by atoms with Crippen molar-refractivity contribution >= 4 is 40.5 Å². The number of hydrogen-bond acceptors (Lipinski definition) is 6. The normalized spacial score (nSPS) is 13.3. The SMILES string of the molecule is CCC(=O)N1CCN(c2ccccc2NC(=S)NC(=O)c2c(OC)cccc2OC)CC1. The zero-order chi connectivity index (χ0) is 23.1. The second-order valence-corrected chi connectivity index (χ2v) is 7.59. The number of anilines is 2. The number of benzene rings is 2. The standard InChI is InChI=1S/C23H28N4O4S/c1-4-20(28)27-14-12-26(13-15-27)17-9-6-5-8-16(17)24-23(32)25-22(29)21-18(30-2)10-7-11-19(21)31-3/h5-11H,4,12-15H2,1-3H3,(H2,24,25,29,32). The monoisotopic (exact) mass is 456 g/mol. The summed E-state index contributed by atoms with van der Waals surface area (Å²) in [6.45, 7) is 4.68. The minimum atomic E-state index is -0.430. The molecule has 2 aromatic rings. The van der Waals surface area contributed by atoms with Crippen molar-refractivity contribution < 1.29 is 19.1 Å². The fourth-order valence-corrected chi connectivity index (χ4v) is 3.87. The number of piperazine rings is 1. The van der Waals surface area contributed by atoms with E-state index in [1.807, 2.05) is 36.1 Å². The molecule has 1 heterocycles. The average molecular weight is 457 g/mol. The second kappa shape index (κ2) is 10.8. The summed E-state index contributed by atoms with van der Waals surface area (Å²) in [7, 11) is 2.98. The van der Waals surface area contributed by atoms with Crippen molar-refractivity contribution in [2.45, 2.75) is 13.3 Å². The first-order chi connectivity index (χ1) is 15.5. The summed E-state index contributed by atoms with van der Waals surface area (Å²) < 4.78 is 10.6. The highest BCUT2D eigenvalue weighted by Gasteiger charge is 2.23. The van der Waals surface area contributed by atoms with Crippen molar-refractivity contribution in [3.63, 3.8) is 0 Å². The predicted octanol–water partition coefficient (Wildman–Crippen LogP) is 2.89. The highest BCUT2D eigenvalue weighted by atomic mass is 32.1. The number of nitrogens with zero attached hydrogens (tertiary/aromatic N) is 2. The molecule has 9 heteroatoms. The van der Waals surface area contributed by atoms with E-state index in [-0.39, 0.29) is 16.6 Å². The van der Waals surface area contributed by atoms with Gasteiger partial charge in [-0.05, 0) is 36.5 Å². The third kappa shape index (κ3) is 5.28. The lowest BCUT2D eigenvalue weighted by Gasteiger charge is -2.37. The van der Waals surface area contributed by atoms with Gasteiger partial charge in [-0.2, -0.15) is 0 Å². The van der Waals surface area contributed by atoms with Crippen LogP contribution in [0.15, 0.2) is 42.5 Å². The summed E-state index contributed by atoms with van der Waals surface area (Å²) >= 11 is 5.40. The van der Waals surface area contributed by atoms with Crippen LogP contribution in [0.4, 0.5) is 11.4 Å². The first-order valence-corrected chi connectivity index (χ1v) is 10.8. The molecule has 0 radical (unpaired) electrons. The van der Waals surface area contributed by atoms with Crippen LogP contribution in [0.1, 0.15) is 23.7 Å². The van der Waals surface area contributed by atoms with Gasteiger partial charge >= 0.3 is 0 Å². The zero-order valence-corrected chi connectivity index (χ0v) is 19.3. The number of thiocarbonyl (C=S) groups is 1. The van der Waals surface area contributed by atoms with Crippen LogP contribution in [0.2, 0.25) is 0 Å². The maximum absolute atomic E-state index is 12.9. The highest BCUT2D eigenvalue weighted by Crippen LogP contribution is 2.29. The van der Waals surface area contributed by atoms with Gasteiger partial charge in [-0.15, -0.1) is 0 Å². The molecule has 1 saturated heterocycles. The number of carbonyl (C=O) groups excluding carboxylic acids is 2. The molecule has 0 atom stereocenters. The fourth-order valence-electron chi connectivity index (χ4n) is 3.67. The number of nitrogens with one attached hydrogen (secondary N) is 2. The van der Waals surface area contributed by atoms with Crippen molar-refractivity contribution in [2.75, 3.05) is 50.6 Å². The quantitative estimate of drug-likeness (QED) is 0.647. The Kier molecular flexibility index (Phi) is 7.88. The molecule has 1 aliphatic rings. The van der Waals surface area contributed by atoms with E-state index in [9.17, 15) is 9.59 Å². The summed E-state index contributed by atoms with van der Waals surface area (Å²) in [5.74, 6) is 0.529. The van der Waals surface area contributed by atoms with E-state index in [0.717, 1.165) is 24.5 Å². The summed E-state index contributed by atoms with van der Waals surface area (Å²) in [6, 6.07) is 12.9. The molecule has 0 spiro atoms. The van der Waals surface area contributed by atoms with E-state index in [0.29, 0.717) is 31.0 Å². The molecule has 2 aromatic carbocycles. The van der Waals surface area contributed by atoms with E-state index in [1.54, 1.807) is 18.2 Å². The number of ether oxygens (including phenoxy) is 2. The van der Waals surface area contributed by atoms with Crippen LogP contribution in [0.25, 0.3) is 0 Å². The van der Waals surface area contributed by atoms with Crippen LogP contribution in [0.5, 0.6) is 11.5 Å². The van der Waals surface area contributed by atoms with Crippen LogP contribution in [-0.2, 0) is 4.79 Å². The Hall–Kier alpha value is -3.33. The Bertz CT molecular complexity index is 967. The molecule has 1 aliphatic heterocycles. The Morgan fingerprint density at radius 3 is 2.19 bits per heavy atom. The molecule has 0 bridgehead atoms. The molecule has 0 aliphatic carbocycles. The topological polar surface area (TPSA) is 83.1 Å². The molecule has 0 saturated carbocycles. The van der Waals surface area contributed by atoms with E-state index in [2.05, 4.69) is 15.5 Å². The molecule has 1 fully saturated rings. The van der Waals surface area contributed by atoms with Crippen molar-refractivity contribution in [1.82, 2.24) is 10.2 Å². The van der Waals surface area contributed by atoms with Gasteiger partial charge < -0.3 is 24.6 Å². The van der Waals surface area contributed by atoms with Gasteiger partial charge in [0.1, 0.15) is 17.1 Å². The van der Waals surface area contributed by atoms with E-state index < -0.39 is 5.91 Å². The van der Waals surface area contributed by atoms with Gasteiger partial charge in [0, 0.05) is 32.6 Å². The molecule has 32 heavy (non-hydrogen) atoms. The lowest BCUT2D eigenvalue weighted by Crippen LogP contribution is -2.48. The Labute approximate surface area is 193 Å². The Morgan fingerprint density at radius 2 is 1.59 bits per heavy atom.